The lowest BCUT2D eigenvalue weighted by atomic mass is 9.73. The third-order valence-corrected chi connectivity index (χ3v) is 4.52. The summed E-state index contributed by atoms with van der Waals surface area (Å²) in [6.45, 7) is 4.54. The van der Waals surface area contributed by atoms with Crippen molar-refractivity contribution in [2.45, 2.75) is 63.8 Å². The van der Waals surface area contributed by atoms with Gasteiger partial charge in [0.25, 0.3) is 0 Å². The topological polar surface area (TPSA) is 26.0 Å². The van der Waals surface area contributed by atoms with Gasteiger partial charge < -0.3 is 5.73 Å². The van der Waals surface area contributed by atoms with Crippen LogP contribution in [-0.2, 0) is 5.41 Å². The standard InChI is InChI=1S/C18H27N/c1-18(2,16-13-9-6-10-14-16)17(19)15-11-7-4-3-5-8-12-15/h6,9-11,13-14,17H,3-5,7-8,12,19H2,1-2H3/b15-11+. The summed E-state index contributed by atoms with van der Waals surface area (Å²) < 4.78 is 0. The Morgan fingerprint density at radius 3 is 2.42 bits per heavy atom. The Balaban J connectivity index is 2.19. The van der Waals surface area contributed by atoms with Crippen molar-refractivity contribution in [1.82, 2.24) is 0 Å². The number of hydrogen-bond acceptors (Lipinski definition) is 1. The monoisotopic (exact) mass is 257 g/mol. The van der Waals surface area contributed by atoms with Gasteiger partial charge in [0.15, 0.2) is 0 Å². The fourth-order valence-corrected chi connectivity index (χ4v) is 3.01. The predicted molar refractivity (Wildman–Crippen MR) is 83.2 cm³/mol. The minimum absolute atomic E-state index is 0.00624. The first kappa shape index (κ1) is 14.3. The fraction of sp³-hybridized carbons (Fsp3) is 0.556. The Hall–Kier alpha value is -1.08. The lowest BCUT2D eigenvalue weighted by Crippen LogP contribution is -2.42. The molecule has 0 saturated carbocycles. The summed E-state index contributed by atoms with van der Waals surface area (Å²) in [6.07, 6.45) is 10.1. The second-order valence-electron chi connectivity index (χ2n) is 6.30. The van der Waals surface area contributed by atoms with Crippen LogP contribution in [0.4, 0.5) is 0 Å². The zero-order valence-corrected chi connectivity index (χ0v) is 12.4. The van der Waals surface area contributed by atoms with Crippen LogP contribution in [0.2, 0.25) is 0 Å². The third-order valence-electron chi connectivity index (χ3n) is 4.52. The van der Waals surface area contributed by atoms with Crippen LogP contribution in [0.25, 0.3) is 0 Å². The summed E-state index contributed by atoms with van der Waals surface area (Å²) in [4.78, 5) is 0. The lowest BCUT2D eigenvalue weighted by molar-refractivity contribution is 0.433. The van der Waals surface area contributed by atoms with Crippen molar-refractivity contribution in [3.63, 3.8) is 0 Å². The number of nitrogens with two attached hydrogens (primary N) is 1. The maximum Gasteiger partial charge on any atom is 0.0346 e. The molecule has 1 nitrogen and oxygen atoms in total. The van der Waals surface area contributed by atoms with Gasteiger partial charge >= 0.3 is 0 Å². The molecule has 0 radical (unpaired) electrons. The summed E-state index contributed by atoms with van der Waals surface area (Å²) in [6, 6.07) is 10.8. The minimum Gasteiger partial charge on any atom is -0.324 e. The summed E-state index contributed by atoms with van der Waals surface area (Å²) in [5.41, 5.74) is 9.42. The molecule has 0 aliphatic heterocycles. The molecule has 0 heterocycles. The van der Waals surface area contributed by atoms with E-state index in [-0.39, 0.29) is 11.5 Å². The van der Waals surface area contributed by atoms with Gasteiger partial charge in [-0.3, -0.25) is 0 Å². The van der Waals surface area contributed by atoms with E-state index in [9.17, 15) is 0 Å². The van der Waals surface area contributed by atoms with Crippen LogP contribution < -0.4 is 5.73 Å². The molecule has 104 valence electrons. The normalized spacial score (nSPS) is 21.9. The number of allylic oxidation sites excluding steroid dienone is 1. The van der Waals surface area contributed by atoms with Gasteiger partial charge in [-0.1, -0.05) is 68.7 Å². The Morgan fingerprint density at radius 2 is 1.68 bits per heavy atom. The zero-order chi connectivity index (χ0) is 13.7. The molecule has 2 N–H and O–H groups in total. The molecule has 1 heteroatoms. The second kappa shape index (κ2) is 6.38. The molecule has 0 aromatic heterocycles. The maximum absolute atomic E-state index is 6.61. The van der Waals surface area contributed by atoms with E-state index >= 15 is 0 Å². The Bertz CT molecular complexity index is 417. The van der Waals surface area contributed by atoms with Gasteiger partial charge in [0.1, 0.15) is 0 Å². The third kappa shape index (κ3) is 3.48. The average molecular weight is 257 g/mol. The van der Waals surface area contributed by atoms with Crippen LogP contribution >= 0.6 is 0 Å². The summed E-state index contributed by atoms with van der Waals surface area (Å²) in [7, 11) is 0. The molecule has 0 fully saturated rings. The van der Waals surface area contributed by atoms with E-state index in [1.165, 1.54) is 49.7 Å². The molecular formula is C18H27N. The minimum atomic E-state index is 0.00624. The quantitative estimate of drug-likeness (QED) is 0.789. The lowest BCUT2D eigenvalue weighted by Gasteiger charge is -2.34. The van der Waals surface area contributed by atoms with Gasteiger partial charge in [0, 0.05) is 11.5 Å². The van der Waals surface area contributed by atoms with E-state index < -0.39 is 0 Å². The average Bonchev–Trinajstić information content (AvgIpc) is 2.39. The molecule has 1 aromatic rings. The SMILES string of the molecule is CC(C)(c1ccccc1)C(N)/C1=C/CCCCCC1. The highest BCUT2D eigenvalue weighted by atomic mass is 14.7. The van der Waals surface area contributed by atoms with Crippen molar-refractivity contribution in [2.24, 2.45) is 5.73 Å². The Kier molecular flexibility index (Phi) is 4.81. The van der Waals surface area contributed by atoms with E-state index in [1.807, 2.05) is 0 Å². The van der Waals surface area contributed by atoms with Gasteiger partial charge in [-0.2, -0.15) is 0 Å². The largest absolute Gasteiger partial charge is 0.324 e. The van der Waals surface area contributed by atoms with Gasteiger partial charge in [-0.15, -0.1) is 0 Å². The first-order valence-corrected chi connectivity index (χ1v) is 7.62. The highest BCUT2D eigenvalue weighted by Crippen LogP contribution is 2.32. The first-order valence-electron chi connectivity index (χ1n) is 7.62. The molecular weight excluding hydrogens is 230 g/mol. The highest BCUT2D eigenvalue weighted by molar-refractivity contribution is 5.30. The molecule has 1 aromatic carbocycles. The van der Waals surface area contributed by atoms with E-state index in [4.69, 9.17) is 5.73 Å². The number of hydrogen-bond donors (Lipinski definition) is 1. The van der Waals surface area contributed by atoms with Crippen LogP contribution in [0, 0.1) is 0 Å². The summed E-state index contributed by atoms with van der Waals surface area (Å²) in [5.74, 6) is 0. The molecule has 1 aliphatic rings. The molecule has 0 bridgehead atoms. The van der Waals surface area contributed by atoms with Gasteiger partial charge in [-0.05, 0) is 31.2 Å². The number of rotatable bonds is 3. The molecule has 0 amide bonds. The van der Waals surface area contributed by atoms with Crippen molar-refractivity contribution < 1.29 is 0 Å². The van der Waals surface area contributed by atoms with Crippen molar-refractivity contribution in [2.75, 3.05) is 0 Å². The van der Waals surface area contributed by atoms with E-state index in [0.29, 0.717) is 0 Å². The maximum atomic E-state index is 6.61. The van der Waals surface area contributed by atoms with Crippen LogP contribution in [0.15, 0.2) is 42.0 Å². The molecule has 1 unspecified atom stereocenters. The van der Waals surface area contributed by atoms with Crippen LogP contribution in [0.3, 0.4) is 0 Å². The van der Waals surface area contributed by atoms with Crippen molar-refractivity contribution in [1.29, 1.82) is 0 Å². The zero-order valence-electron chi connectivity index (χ0n) is 12.4. The molecule has 1 aliphatic carbocycles. The molecule has 0 saturated heterocycles. The van der Waals surface area contributed by atoms with Crippen molar-refractivity contribution in [3.05, 3.63) is 47.5 Å². The van der Waals surface area contributed by atoms with Crippen molar-refractivity contribution in [3.8, 4) is 0 Å². The summed E-state index contributed by atoms with van der Waals surface area (Å²) in [5, 5.41) is 0. The molecule has 19 heavy (non-hydrogen) atoms. The molecule has 2 rings (SSSR count). The Morgan fingerprint density at radius 1 is 1.00 bits per heavy atom. The van der Waals surface area contributed by atoms with Crippen LogP contribution in [-0.4, -0.2) is 6.04 Å². The fourth-order valence-electron chi connectivity index (χ4n) is 3.01. The van der Waals surface area contributed by atoms with Gasteiger partial charge in [-0.25, -0.2) is 0 Å². The van der Waals surface area contributed by atoms with Gasteiger partial charge in [0.05, 0.1) is 0 Å². The van der Waals surface area contributed by atoms with Crippen LogP contribution in [0.1, 0.15) is 57.9 Å². The smallest absolute Gasteiger partial charge is 0.0346 e. The molecule has 1 atom stereocenters. The first-order chi connectivity index (χ1) is 9.12. The van der Waals surface area contributed by atoms with E-state index in [2.05, 4.69) is 50.3 Å². The summed E-state index contributed by atoms with van der Waals surface area (Å²) >= 11 is 0. The molecule has 0 spiro atoms. The van der Waals surface area contributed by atoms with Crippen molar-refractivity contribution >= 4 is 0 Å². The van der Waals surface area contributed by atoms with Crippen LogP contribution in [0.5, 0.6) is 0 Å². The predicted octanol–water partition coefficient (Wildman–Crippen LogP) is 4.57. The highest BCUT2D eigenvalue weighted by Gasteiger charge is 2.30. The Labute approximate surface area is 117 Å². The van der Waals surface area contributed by atoms with E-state index in [0.717, 1.165) is 0 Å². The van der Waals surface area contributed by atoms with Gasteiger partial charge in [0.2, 0.25) is 0 Å². The van der Waals surface area contributed by atoms with E-state index in [1.54, 1.807) is 0 Å². The second-order valence-corrected chi connectivity index (χ2v) is 6.30. The number of benzene rings is 1.